The van der Waals surface area contributed by atoms with Gasteiger partial charge in [0.05, 0.1) is 0 Å². The molecule has 3 aromatic carbocycles. The number of hydrogen-bond acceptors (Lipinski definition) is 3. The lowest BCUT2D eigenvalue weighted by Gasteiger charge is -2.28. The van der Waals surface area contributed by atoms with Crippen LogP contribution in [-0.2, 0) is 29.2 Å². The van der Waals surface area contributed by atoms with Gasteiger partial charge in [-0.3, -0.25) is 9.59 Å². The van der Waals surface area contributed by atoms with Gasteiger partial charge in [-0.2, -0.15) is 0 Å². The van der Waals surface area contributed by atoms with Crippen molar-refractivity contribution < 1.29 is 14.3 Å². The summed E-state index contributed by atoms with van der Waals surface area (Å²) in [7, 11) is 0. The van der Waals surface area contributed by atoms with Crippen LogP contribution < -0.4 is 10.1 Å². The van der Waals surface area contributed by atoms with Crippen molar-refractivity contribution in [2.45, 2.75) is 32.4 Å². The van der Waals surface area contributed by atoms with Crippen LogP contribution in [0.4, 0.5) is 5.69 Å². The summed E-state index contributed by atoms with van der Waals surface area (Å²) in [4.78, 5) is 26.7. The molecule has 3 aromatic rings. The van der Waals surface area contributed by atoms with Gasteiger partial charge in [0, 0.05) is 31.6 Å². The number of anilines is 1. The van der Waals surface area contributed by atoms with Crippen LogP contribution in [0, 0.1) is 0 Å². The van der Waals surface area contributed by atoms with Gasteiger partial charge in [0.2, 0.25) is 11.8 Å². The quantitative estimate of drug-likeness (QED) is 0.616. The number of carbonyl (C=O) groups is 2. The predicted octanol–water partition coefficient (Wildman–Crippen LogP) is 4.57. The van der Waals surface area contributed by atoms with Gasteiger partial charge >= 0.3 is 0 Å². The highest BCUT2D eigenvalue weighted by atomic mass is 16.5. The molecule has 0 spiro atoms. The maximum absolute atomic E-state index is 12.5. The second-order valence-corrected chi connectivity index (χ2v) is 7.68. The van der Waals surface area contributed by atoms with Gasteiger partial charge in [0.1, 0.15) is 12.4 Å². The van der Waals surface area contributed by atoms with Gasteiger partial charge in [-0.1, -0.05) is 54.6 Å². The first-order valence-electron chi connectivity index (χ1n) is 10.6. The number of nitrogens with zero attached hydrogens (tertiary/aromatic N) is 1. The minimum Gasteiger partial charge on any atom is -0.489 e. The SMILES string of the molecule is O=C(CCC(=O)N1CCc2ccccc2C1)Nc1ccc(OCc2ccccc2)cc1. The first-order valence-corrected chi connectivity index (χ1v) is 10.6. The molecule has 4 rings (SSSR count). The molecule has 0 aromatic heterocycles. The Morgan fingerprint density at radius 1 is 0.839 bits per heavy atom. The molecule has 0 saturated carbocycles. The Morgan fingerprint density at radius 2 is 1.55 bits per heavy atom. The first kappa shape index (κ1) is 20.7. The van der Waals surface area contributed by atoms with Crippen LogP contribution in [0.3, 0.4) is 0 Å². The highest BCUT2D eigenvalue weighted by Crippen LogP contribution is 2.20. The molecule has 1 aliphatic heterocycles. The van der Waals surface area contributed by atoms with E-state index in [4.69, 9.17) is 4.74 Å². The van der Waals surface area contributed by atoms with E-state index in [0.29, 0.717) is 25.4 Å². The molecule has 1 N–H and O–H groups in total. The highest BCUT2D eigenvalue weighted by Gasteiger charge is 2.20. The van der Waals surface area contributed by atoms with Crippen LogP contribution in [0.25, 0.3) is 0 Å². The largest absolute Gasteiger partial charge is 0.489 e. The van der Waals surface area contributed by atoms with Crippen molar-refractivity contribution in [1.29, 1.82) is 0 Å². The number of ether oxygens (including phenoxy) is 1. The van der Waals surface area contributed by atoms with Gasteiger partial charge in [0.15, 0.2) is 0 Å². The lowest BCUT2D eigenvalue weighted by Crippen LogP contribution is -2.36. The zero-order chi connectivity index (χ0) is 21.5. The standard InChI is InChI=1S/C26H26N2O3/c29-25(14-15-26(30)28-17-16-21-8-4-5-9-22(21)18-28)27-23-10-12-24(13-11-23)31-19-20-6-2-1-3-7-20/h1-13H,14-19H2,(H,27,29). The Labute approximate surface area is 182 Å². The smallest absolute Gasteiger partial charge is 0.224 e. The maximum atomic E-state index is 12.5. The number of amides is 2. The topological polar surface area (TPSA) is 58.6 Å². The lowest BCUT2D eigenvalue weighted by molar-refractivity contribution is -0.133. The summed E-state index contributed by atoms with van der Waals surface area (Å²) in [6.07, 6.45) is 1.25. The van der Waals surface area contributed by atoms with Crippen molar-refractivity contribution in [1.82, 2.24) is 4.90 Å². The van der Waals surface area contributed by atoms with Crippen LogP contribution in [-0.4, -0.2) is 23.3 Å². The average Bonchev–Trinajstić information content (AvgIpc) is 2.82. The van der Waals surface area contributed by atoms with Crippen molar-refractivity contribution in [3.8, 4) is 5.75 Å². The number of fused-ring (bicyclic) bond motifs is 1. The Bertz CT molecular complexity index is 1030. The summed E-state index contributed by atoms with van der Waals surface area (Å²) < 4.78 is 5.76. The van der Waals surface area contributed by atoms with Crippen LogP contribution in [0.1, 0.15) is 29.5 Å². The molecular weight excluding hydrogens is 388 g/mol. The van der Waals surface area contributed by atoms with E-state index in [-0.39, 0.29) is 24.7 Å². The molecule has 0 radical (unpaired) electrons. The van der Waals surface area contributed by atoms with Crippen molar-refractivity contribution in [2.24, 2.45) is 0 Å². The second kappa shape index (κ2) is 9.94. The van der Waals surface area contributed by atoms with E-state index in [1.807, 2.05) is 71.6 Å². The zero-order valence-corrected chi connectivity index (χ0v) is 17.4. The molecule has 158 valence electrons. The predicted molar refractivity (Wildman–Crippen MR) is 121 cm³/mol. The van der Waals surface area contributed by atoms with Gasteiger partial charge in [-0.25, -0.2) is 0 Å². The summed E-state index contributed by atoms with van der Waals surface area (Å²) in [5, 5.41) is 2.85. The molecule has 1 heterocycles. The fourth-order valence-corrected chi connectivity index (χ4v) is 3.69. The van der Waals surface area contributed by atoms with Gasteiger partial charge in [-0.15, -0.1) is 0 Å². The average molecular weight is 415 g/mol. The number of carbonyl (C=O) groups excluding carboxylic acids is 2. The third kappa shape index (κ3) is 5.72. The summed E-state index contributed by atoms with van der Waals surface area (Å²) in [6, 6.07) is 25.4. The second-order valence-electron chi connectivity index (χ2n) is 7.68. The van der Waals surface area contributed by atoms with Gasteiger partial charge in [-0.05, 0) is 47.4 Å². The van der Waals surface area contributed by atoms with E-state index in [9.17, 15) is 9.59 Å². The molecule has 0 bridgehead atoms. The lowest BCUT2D eigenvalue weighted by atomic mass is 9.99. The van der Waals surface area contributed by atoms with Crippen LogP contribution >= 0.6 is 0 Å². The molecule has 5 nitrogen and oxygen atoms in total. The number of hydrogen-bond donors (Lipinski definition) is 1. The van der Waals surface area contributed by atoms with Gasteiger partial charge < -0.3 is 15.0 Å². The van der Waals surface area contributed by atoms with Crippen LogP contribution in [0.2, 0.25) is 0 Å². The molecule has 0 unspecified atom stereocenters. The Hall–Kier alpha value is -3.60. The normalized spacial score (nSPS) is 12.7. The van der Waals surface area contributed by atoms with E-state index >= 15 is 0 Å². The minimum atomic E-state index is -0.163. The first-order chi connectivity index (χ1) is 15.2. The highest BCUT2D eigenvalue weighted by molar-refractivity contribution is 5.93. The molecular formula is C26H26N2O3. The van der Waals surface area contributed by atoms with E-state index in [0.717, 1.165) is 17.7 Å². The van der Waals surface area contributed by atoms with E-state index in [1.165, 1.54) is 11.1 Å². The van der Waals surface area contributed by atoms with E-state index < -0.39 is 0 Å². The van der Waals surface area contributed by atoms with Gasteiger partial charge in [0.25, 0.3) is 0 Å². The summed E-state index contributed by atoms with van der Waals surface area (Å²) in [5.41, 5.74) is 4.29. The van der Waals surface area contributed by atoms with E-state index in [2.05, 4.69) is 17.4 Å². The molecule has 2 amide bonds. The number of benzene rings is 3. The molecule has 31 heavy (non-hydrogen) atoms. The molecule has 5 heteroatoms. The van der Waals surface area contributed by atoms with Crippen molar-refractivity contribution in [3.05, 3.63) is 95.6 Å². The van der Waals surface area contributed by atoms with Crippen LogP contribution in [0.5, 0.6) is 5.75 Å². The van der Waals surface area contributed by atoms with E-state index in [1.54, 1.807) is 0 Å². The monoisotopic (exact) mass is 414 g/mol. The maximum Gasteiger partial charge on any atom is 0.224 e. The van der Waals surface area contributed by atoms with Crippen molar-refractivity contribution in [2.75, 3.05) is 11.9 Å². The third-order valence-electron chi connectivity index (χ3n) is 5.44. The molecule has 1 aliphatic rings. The fraction of sp³-hybridized carbons (Fsp3) is 0.231. The Balaban J connectivity index is 1.21. The van der Waals surface area contributed by atoms with Crippen molar-refractivity contribution >= 4 is 17.5 Å². The molecule has 0 atom stereocenters. The Kier molecular flexibility index (Phi) is 6.62. The summed E-state index contributed by atoms with van der Waals surface area (Å²) >= 11 is 0. The zero-order valence-electron chi connectivity index (χ0n) is 17.4. The molecule has 0 aliphatic carbocycles. The fourth-order valence-electron chi connectivity index (χ4n) is 3.69. The number of nitrogens with one attached hydrogen (secondary N) is 1. The third-order valence-corrected chi connectivity index (χ3v) is 5.44. The summed E-state index contributed by atoms with van der Waals surface area (Å²) in [5.74, 6) is 0.598. The van der Waals surface area contributed by atoms with Crippen LogP contribution in [0.15, 0.2) is 78.9 Å². The Morgan fingerprint density at radius 3 is 2.32 bits per heavy atom. The molecule has 0 saturated heterocycles. The summed E-state index contributed by atoms with van der Waals surface area (Å²) in [6.45, 7) is 1.83. The van der Waals surface area contributed by atoms with Crippen molar-refractivity contribution in [3.63, 3.8) is 0 Å². The number of rotatable bonds is 7. The minimum absolute atomic E-state index is 0.0225. The molecule has 0 fully saturated rings.